The van der Waals surface area contributed by atoms with Gasteiger partial charge in [0.1, 0.15) is 5.75 Å². The van der Waals surface area contributed by atoms with E-state index in [2.05, 4.69) is 0 Å². The molecule has 0 aliphatic rings. The molecule has 0 bridgehead atoms. The van der Waals surface area contributed by atoms with E-state index in [-0.39, 0.29) is 11.5 Å². The molecule has 6 heteroatoms. The van der Waals surface area contributed by atoms with Crippen molar-refractivity contribution in [3.8, 4) is 5.75 Å². The minimum atomic E-state index is -0.475. The number of non-ortho nitro benzene ring substituents is 1. The van der Waals surface area contributed by atoms with Crippen LogP contribution in [0.25, 0.3) is 0 Å². The lowest BCUT2D eigenvalue weighted by molar-refractivity contribution is -0.384. The molecule has 23 heavy (non-hydrogen) atoms. The van der Waals surface area contributed by atoms with E-state index in [1.807, 2.05) is 18.2 Å². The maximum atomic E-state index is 11.9. The molecule has 0 N–H and O–H groups in total. The molecule has 2 aromatic carbocycles. The summed E-state index contributed by atoms with van der Waals surface area (Å²) in [6, 6.07) is 14.8. The van der Waals surface area contributed by atoms with Gasteiger partial charge in [-0.3, -0.25) is 14.9 Å². The summed E-state index contributed by atoms with van der Waals surface area (Å²) in [5.74, 6) is 0.527. The van der Waals surface area contributed by atoms with Crippen molar-refractivity contribution in [1.82, 2.24) is 0 Å². The van der Waals surface area contributed by atoms with Crippen molar-refractivity contribution in [1.29, 1.82) is 0 Å². The summed E-state index contributed by atoms with van der Waals surface area (Å²) in [5, 5.41) is 10.9. The molecule has 0 saturated carbocycles. The number of nitrogens with zero attached hydrogens (tertiary/aromatic N) is 1. The molecular formula is C17H15NO4S. The van der Waals surface area contributed by atoms with Crippen molar-refractivity contribution < 1.29 is 14.5 Å². The van der Waals surface area contributed by atoms with Gasteiger partial charge in [0.05, 0.1) is 4.92 Å². The van der Waals surface area contributed by atoms with Crippen molar-refractivity contribution in [3.63, 3.8) is 0 Å². The van der Waals surface area contributed by atoms with Gasteiger partial charge in [0.15, 0.2) is 10.8 Å². The summed E-state index contributed by atoms with van der Waals surface area (Å²) in [6.45, 7) is 0. The number of hydrogen-bond donors (Lipinski definition) is 0. The lowest BCUT2D eigenvalue weighted by Crippen LogP contribution is -2.07. The first-order valence-corrected chi connectivity index (χ1v) is 7.50. The maximum absolute atomic E-state index is 11.9. The minimum Gasteiger partial charge on any atom is -0.450 e. The van der Waals surface area contributed by atoms with Gasteiger partial charge in [0.25, 0.3) is 5.69 Å². The topological polar surface area (TPSA) is 69.4 Å². The molecule has 0 heterocycles. The molecule has 0 amide bonds. The number of hydrogen-bond acceptors (Lipinski definition) is 5. The first kappa shape index (κ1) is 16.8. The van der Waals surface area contributed by atoms with Gasteiger partial charge in [-0.25, -0.2) is 0 Å². The first-order chi connectivity index (χ1) is 11.1. The molecule has 0 fully saturated rings. The summed E-state index contributed by atoms with van der Waals surface area (Å²) in [7, 11) is 0. The summed E-state index contributed by atoms with van der Waals surface area (Å²) >= 11 is 5.12. The predicted octanol–water partition coefficient (Wildman–Crippen LogP) is 4.35. The number of thiocarbonyl (C=S) groups is 1. The second-order valence-corrected chi connectivity index (χ2v) is 5.32. The van der Waals surface area contributed by atoms with E-state index in [1.165, 1.54) is 24.3 Å². The molecular weight excluding hydrogens is 314 g/mol. The second kappa shape index (κ2) is 8.14. The summed E-state index contributed by atoms with van der Waals surface area (Å²) in [4.78, 5) is 22.0. The van der Waals surface area contributed by atoms with E-state index >= 15 is 0 Å². The van der Waals surface area contributed by atoms with Crippen LogP contribution >= 0.6 is 12.2 Å². The fourth-order valence-corrected chi connectivity index (χ4v) is 2.22. The van der Waals surface area contributed by atoms with Crippen LogP contribution in [-0.2, 0) is 0 Å². The number of nitro benzene ring substituents is 1. The van der Waals surface area contributed by atoms with Gasteiger partial charge >= 0.3 is 0 Å². The van der Waals surface area contributed by atoms with Crippen molar-refractivity contribution in [2.75, 3.05) is 0 Å². The van der Waals surface area contributed by atoms with E-state index in [0.29, 0.717) is 35.6 Å². The third-order valence-electron chi connectivity index (χ3n) is 3.16. The van der Waals surface area contributed by atoms with Gasteiger partial charge in [-0.2, -0.15) is 0 Å². The molecule has 2 rings (SSSR count). The summed E-state index contributed by atoms with van der Waals surface area (Å²) in [5.41, 5.74) is 0.687. The van der Waals surface area contributed by atoms with Crippen LogP contribution in [0.5, 0.6) is 5.75 Å². The molecule has 5 nitrogen and oxygen atoms in total. The Balaban J connectivity index is 1.77. The van der Waals surface area contributed by atoms with Gasteiger partial charge in [-0.15, -0.1) is 0 Å². The zero-order valence-corrected chi connectivity index (χ0v) is 13.1. The number of benzene rings is 2. The number of carbonyl (C=O) groups is 1. The maximum Gasteiger partial charge on any atom is 0.269 e. The first-order valence-electron chi connectivity index (χ1n) is 7.09. The van der Waals surface area contributed by atoms with Crippen molar-refractivity contribution >= 4 is 28.7 Å². The average molecular weight is 329 g/mol. The largest absolute Gasteiger partial charge is 0.450 e. The lowest BCUT2D eigenvalue weighted by atomic mass is 10.1. The molecule has 0 radical (unpaired) electrons. The third-order valence-corrected chi connectivity index (χ3v) is 3.45. The molecule has 0 atom stereocenters. The van der Waals surface area contributed by atoms with Gasteiger partial charge in [-0.05, 0) is 30.8 Å². The fourth-order valence-electron chi connectivity index (χ4n) is 1.98. The third kappa shape index (κ3) is 5.27. The van der Waals surface area contributed by atoms with E-state index < -0.39 is 4.92 Å². The normalized spacial score (nSPS) is 10.1. The van der Waals surface area contributed by atoms with Crippen LogP contribution in [0.4, 0.5) is 5.69 Å². The quantitative estimate of drug-likeness (QED) is 0.327. The zero-order valence-electron chi connectivity index (χ0n) is 12.3. The Hall–Kier alpha value is -2.60. The number of nitro groups is 1. The molecule has 0 saturated heterocycles. The predicted molar refractivity (Wildman–Crippen MR) is 90.9 cm³/mol. The van der Waals surface area contributed by atoms with Crippen LogP contribution in [0, 0.1) is 10.1 Å². The van der Waals surface area contributed by atoms with Crippen molar-refractivity contribution in [2.45, 2.75) is 19.3 Å². The van der Waals surface area contributed by atoms with Gasteiger partial charge in [0.2, 0.25) is 0 Å². The minimum absolute atomic E-state index is 0.00303. The second-order valence-electron chi connectivity index (χ2n) is 4.87. The smallest absolute Gasteiger partial charge is 0.269 e. The molecule has 0 aliphatic carbocycles. The Bertz CT molecular complexity index is 698. The molecule has 2 aromatic rings. The van der Waals surface area contributed by atoms with Crippen LogP contribution in [0.2, 0.25) is 0 Å². The van der Waals surface area contributed by atoms with Gasteiger partial charge in [0, 0.05) is 30.5 Å². The lowest BCUT2D eigenvalue weighted by Gasteiger charge is -2.06. The van der Waals surface area contributed by atoms with Crippen LogP contribution in [0.15, 0.2) is 54.6 Å². The Kier molecular flexibility index (Phi) is 5.94. The van der Waals surface area contributed by atoms with Gasteiger partial charge in [-0.1, -0.05) is 30.3 Å². The Morgan fingerprint density at radius 2 is 1.70 bits per heavy atom. The van der Waals surface area contributed by atoms with Crippen LogP contribution in [-0.4, -0.2) is 15.8 Å². The monoisotopic (exact) mass is 329 g/mol. The Morgan fingerprint density at radius 3 is 2.30 bits per heavy atom. The standard InChI is InChI=1S/C17H15NO4S/c19-16(13-5-2-1-3-6-13)7-4-8-17(23)22-15-11-9-14(10-12-15)18(20)21/h1-3,5-6,9-12H,4,7-8H2. The van der Waals surface area contributed by atoms with Crippen molar-refractivity contribution in [2.24, 2.45) is 0 Å². The Morgan fingerprint density at radius 1 is 1.04 bits per heavy atom. The summed E-state index contributed by atoms with van der Waals surface area (Å²) < 4.78 is 5.43. The Labute approximate surface area is 139 Å². The number of ketones is 1. The highest BCUT2D eigenvalue weighted by atomic mass is 32.1. The number of rotatable bonds is 7. The van der Waals surface area contributed by atoms with Crippen LogP contribution < -0.4 is 4.74 Å². The molecule has 0 spiro atoms. The number of Topliss-reactive ketones (excluding diaryl/α,β-unsaturated/α-hetero) is 1. The van der Waals surface area contributed by atoms with Gasteiger partial charge < -0.3 is 4.74 Å². The number of ether oxygens (including phenoxy) is 1. The SMILES string of the molecule is O=C(CCCC(=S)Oc1ccc([N+](=O)[O-])cc1)c1ccccc1. The zero-order chi connectivity index (χ0) is 16.7. The highest BCUT2D eigenvalue weighted by Crippen LogP contribution is 2.18. The van der Waals surface area contributed by atoms with E-state index in [9.17, 15) is 14.9 Å². The average Bonchev–Trinajstić information content (AvgIpc) is 2.56. The molecule has 118 valence electrons. The number of carbonyl (C=O) groups excluding carboxylic acids is 1. The highest BCUT2D eigenvalue weighted by Gasteiger charge is 2.08. The van der Waals surface area contributed by atoms with E-state index in [0.717, 1.165) is 0 Å². The fraction of sp³-hybridized carbons (Fsp3) is 0.176. The van der Waals surface area contributed by atoms with Crippen molar-refractivity contribution in [3.05, 3.63) is 70.3 Å². The van der Waals surface area contributed by atoms with Crippen LogP contribution in [0.3, 0.4) is 0 Å². The van der Waals surface area contributed by atoms with E-state index in [1.54, 1.807) is 12.1 Å². The molecule has 0 aliphatic heterocycles. The molecule has 0 aromatic heterocycles. The van der Waals surface area contributed by atoms with E-state index in [4.69, 9.17) is 17.0 Å². The molecule has 0 unspecified atom stereocenters. The van der Waals surface area contributed by atoms with Crippen LogP contribution in [0.1, 0.15) is 29.6 Å². The highest BCUT2D eigenvalue weighted by molar-refractivity contribution is 7.80. The summed E-state index contributed by atoms with van der Waals surface area (Å²) in [6.07, 6.45) is 1.47.